The number of hydrogen-bond acceptors (Lipinski definition) is 1. The van der Waals surface area contributed by atoms with E-state index in [1.165, 1.54) is 12.1 Å². The van der Waals surface area contributed by atoms with Crippen LogP contribution in [0, 0.1) is 5.82 Å². The first-order valence-electron chi connectivity index (χ1n) is 6.68. The number of rotatable bonds is 4. The van der Waals surface area contributed by atoms with Gasteiger partial charge in [-0.3, -0.25) is 4.79 Å². The summed E-state index contributed by atoms with van der Waals surface area (Å²) in [6.45, 7) is 0. The van der Waals surface area contributed by atoms with Crippen LogP contribution in [0.2, 0.25) is 0 Å². The van der Waals surface area contributed by atoms with Crippen LogP contribution in [-0.2, 0) is 4.79 Å². The van der Waals surface area contributed by atoms with Gasteiger partial charge in [0.15, 0.2) is 0 Å². The Morgan fingerprint density at radius 1 is 1.19 bits per heavy atom. The van der Waals surface area contributed by atoms with Gasteiger partial charge in [-0.2, -0.15) is 0 Å². The third-order valence-corrected chi connectivity index (χ3v) is 3.63. The number of nitrogens with one attached hydrogen (secondary N) is 1. The van der Waals surface area contributed by atoms with E-state index in [0.717, 1.165) is 16.5 Å². The summed E-state index contributed by atoms with van der Waals surface area (Å²) < 4.78 is 13.3. The number of carboxylic acid groups (broad SMARTS) is 1. The zero-order valence-electron chi connectivity index (χ0n) is 11.2. The summed E-state index contributed by atoms with van der Waals surface area (Å²) in [6, 6.07) is 14.0. The van der Waals surface area contributed by atoms with Crippen LogP contribution in [0.25, 0.3) is 10.9 Å². The van der Waals surface area contributed by atoms with Crippen molar-refractivity contribution in [3.05, 3.63) is 71.7 Å². The monoisotopic (exact) mass is 283 g/mol. The molecule has 3 rings (SSSR count). The summed E-state index contributed by atoms with van der Waals surface area (Å²) in [5.41, 5.74) is 2.49. The largest absolute Gasteiger partial charge is 0.481 e. The highest BCUT2D eigenvalue weighted by Crippen LogP contribution is 2.33. The summed E-state index contributed by atoms with van der Waals surface area (Å²) in [5, 5.41) is 10.0. The molecule has 2 aromatic carbocycles. The van der Waals surface area contributed by atoms with Gasteiger partial charge >= 0.3 is 5.97 Å². The van der Waals surface area contributed by atoms with Crippen LogP contribution >= 0.6 is 0 Å². The number of hydrogen-bond donors (Lipinski definition) is 2. The molecule has 0 bridgehead atoms. The highest BCUT2D eigenvalue weighted by atomic mass is 19.1. The lowest BCUT2D eigenvalue weighted by molar-refractivity contribution is -0.137. The van der Waals surface area contributed by atoms with Crippen LogP contribution in [0.3, 0.4) is 0 Å². The Morgan fingerprint density at radius 3 is 2.67 bits per heavy atom. The molecule has 4 heteroatoms. The molecule has 106 valence electrons. The van der Waals surface area contributed by atoms with E-state index in [4.69, 9.17) is 0 Å². The zero-order valence-corrected chi connectivity index (χ0v) is 11.2. The van der Waals surface area contributed by atoms with E-state index in [2.05, 4.69) is 4.98 Å². The van der Waals surface area contributed by atoms with Gasteiger partial charge in [-0.15, -0.1) is 0 Å². The summed E-state index contributed by atoms with van der Waals surface area (Å²) in [5.74, 6) is -1.44. The van der Waals surface area contributed by atoms with Gasteiger partial charge in [0.05, 0.1) is 6.42 Å². The van der Waals surface area contributed by atoms with Gasteiger partial charge in [0, 0.05) is 23.0 Å². The number of carbonyl (C=O) groups is 1. The molecule has 0 saturated heterocycles. The van der Waals surface area contributed by atoms with Crippen molar-refractivity contribution in [2.45, 2.75) is 12.3 Å². The van der Waals surface area contributed by atoms with Gasteiger partial charge < -0.3 is 10.1 Å². The van der Waals surface area contributed by atoms with Crippen LogP contribution < -0.4 is 0 Å². The topological polar surface area (TPSA) is 53.1 Å². The molecule has 1 atom stereocenters. The highest BCUT2D eigenvalue weighted by molar-refractivity contribution is 5.85. The minimum atomic E-state index is -0.861. The summed E-state index contributed by atoms with van der Waals surface area (Å²) in [4.78, 5) is 14.2. The Morgan fingerprint density at radius 2 is 1.95 bits per heavy atom. The lowest BCUT2D eigenvalue weighted by atomic mass is 9.88. The predicted molar refractivity (Wildman–Crippen MR) is 78.8 cm³/mol. The van der Waals surface area contributed by atoms with Crippen molar-refractivity contribution in [2.24, 2.45) is 0 Å². The molecule has 0 radical (unpaired) electrons. The Bertz CT molecular complexity index is 780. The Labute approximate surface area is 121 Å². The number of carboxylic acids is 1. The van der Waals surface area contributed by atoms with Gasteiger partial charge in [-0.25, -0.2) is 4.39 Å². The molecule has 0 saturated carbocycles. The Balaban J connectivity index is 2.12. The van der Waals surface area contributed by atoms with Crippen LogP contribution in [0.4, 0.5) is 4.39 Å². The first-order valence-corrected chi connectivity index (χ1v) is 6.68. The van der Waals surface area contributed by atoms with E-state index in [1.54, 1.807) is 12.3 Å². The summed E-state index contributed by atoms with van der Waals surface area (Å²) in [6.07, 6.45) is 1.76. The molecule has 2 N–H and O–H groups in total. The molecule has 0 fully saturated rings. The molecule has 1 unspecified atom stereocenters. The number of benzene rings is 2. The first kappa shape index (κ1) is 13.4. The fourth-order valence-corrected chi connectivity index (χ4v) is 2.68. The SMILES string of the molecule is O=C(O)CC(c1ccccc1)c1c[nH]c2cc(F)ccc12. The molecule has 1 heterocycles. The first-order chi connectivity index (χ1) is 10.1. The molecule has 0 aliphatic rings. The van der Waals surface area contributed by atoms with E-state index in [-0.39, 0.29) is 18.2 Å². The number of aromatic nitrogens is 1. The van der Waals surface area contributed by atoms with Gasteiger partial charge in [0.2, 0.25) is 0 Å². The average Bonchev–Trinajstić information content (AvgIpc) is 2.88. The maximum Gasteiger partial charge on any atom is 0.304 e. The van der Waals surface area contributed by atoms with Crippen molar-refractivity contribution in [2.75, 3.05) is 0 Å². The second-order valence-electron chi connectivity index (χ2n) is 5.00. The van der Waals surface area contributed by atoms with E-state index in [9.17, 15) is 14.3 Å². The molecule has 0 spiro atoms. The number of H-pyrrole nitrogens is 1. The maximum absolute atomic E-state index is 13.3. The summed E-state index contributed by atoms with van der Waals surface area (Å²) in [7, 11) is 0. The predicted octanol–water partition coefficient (Wildman–Crippen LogP) is 3.91. The van der Waals surface area contributed by atoms with E-state index in [0.29, 0.717) is 5.52 Å². The lowest BCUT2D eigenvalue weighted by Crippen LogP contribution is -2.07. The minimum Gasteiger partial charge on any atom is -0.481 e. The standard InChI is InChI=1S/C17H14FNO2/c18-12-6-7-13-15(10-19-16(13)8-12)14(9-17(20)21)11-4-2-1-3-5-11/h1-8,10,14,19H,9H2,(H,20,21). The van der Waals surface area contributed by atoms with Crippen LogP contribution in [0.5, 0.6) is 0 Å². The highest BCUT2D eigenvalue weighted by Gasteiger charge is 2.21. The van der Waals surface area contributed by atoms with Crippen LogP contribution in [-0.4, -0.2) is 16.1 Å². The van der Waals surface area contributed by atoms with Crippen molar-refractivity contribution < 1.29 is 14.3 Å². The minimum absolute atomic E-state index is 0.00561. The van der Waals surface area contributed by atoms with Crippen molar-refractivity contribution in [1.29, 1.82) is 0 Å². The fourth-order valence-electron chi connectivity index (χ4n) is 2.68. The smallest absolute Gasteiger partial charge is 0.304 e. The zero-order chi connectivity index (χ0) is 14.8. The number of aromatic amines is 1. The van der Waals surface area contributed by atoms with Crippen molar-refractivity contribution in [3.8, 4) is 0 Å². The van der Waals surface area contributed by atoms with Gasteiger partial charge in [0.1, 0.15) is 5.82 Å². The molecule has 1 aromatic heterocycles. The molecular weight excluding hydrogens is 269 g/mol. The van der Waals surface area contributed by atoms with Crippen LogP contribution in [0.1, 0.15) is 23.5 Å². The van der Waals surface area contributed by atoms with E-state index in [1.807, 2.05) is 30.3 Å². The van der Waals surface area contributed by atoms with E-state index < -0.39 is 5.97 Å². The Hall–Kier alpha value is -2.62. The molecule has 21 heavy (non-hydrogen) atoms. The number of aliphatic carboxylic acids is 1. The van der Waals surface area contributed by atoms with Crippen molar-refractivity contribution >= 4 is 16.9 Å². The third kappa shape index (κ3) is 2.65. The summed E-state index contributed by atoms with van der Waals surface area (Å²) >= 11 is 0. The molecular formula is C17H14FNO2. The lowest BCUT2D eigenvalue weighted by Gasteiger charge is -2.15. The van der Waals surface area contributed by atoms with Crippen molar-refractivity contribution in [1.82, 2.24) is 4.98 Å². The quantitative estimate of drug-likeness (QED) is 0.762. The van der Waals surface area contributed by atoms with E-state index >= 15 is 0 Å². The molecule has 0 aliphatic carbocycles. The fraction of sp³-hybridized carbons (Fsp3) is 0.118. The van der Waals surface area contributed by atoms with Gasteiger partial charge in [-0.05, 0) is 29.3 Å². The van der Waals surface area contributed by atoms with Gasteiger partial charge in [-0.1, -0.05) is 30.3 Å². The molecule has 3 nitrogen and oxygen atoms in total. The normalized spacial score (nSPS) is 12.4. The Kier molecular flexibility index (Phi) is 3.44. The second-order valence-corrected chi connectivity index (χ2v) is 5.00. The van der Waals surface area contributed by atoms with Crippen LogP contribution in [0.15, 0.2) is 54.7 Å². The number of halogens is 1. The second kappa shape index (κ2) is 5.40. The number of fused-ring (bicyclic) bond motifs is 1. The third-order valence-electron chi connectivity index (χ3n) is 3.63. The van der Waals surface area contributed by atoms with Gasteiger partial charge in [0.25, 0.3) is 0 Å². The molecule has 3 aromatic rings. The average molecular weight is 283 g/mol. The molecule has 0 amide bonds. The molecule has 0 aliphatic heterocycles. The van der Waals surface area contributed by atoms with Crippen molar-refractivity contribution in [3.63, 3.8) is 0 Å². The maximum atomic E-state index is 13.3.